The Kier molecular flexibility index (Phi) is 5.15. The molecule has 1 saturated heterocycles. The predicted molar refractivity (Wildman–Crippen MR) is 93.2 cm³/mol. The molecule has 0 radical (unpaired) electrons. The van der Waals surface area contributed by atoms with E-state index < -0.39 is 0 Å². The molecule has 0 unspecified atom stereocenters. The number of nitrogens with zero attached hydrogens (tertiary/aromatic N) is 3. The van der Waals surface area contributed by atoms with Crippen LogP contribution in [0.15, 0.2) is 41.1 Å². The Hall–Kier alpha value is -2.34. The molecular formula is C18H24N4O2. The minimum atomic E-state index is -0.0941. The van der Waals surface area contributed by atoms with Crippen LogP contribution in [0.3, 0.4) is 0 Å². The van der Waals surface area contributed by atoms with Crippen molar-refractivity contribution in [1.29, 1.82) is 0 Å². The van der Waals surface area contributed by atoms with Crippen molar-refractivity contribution in [1.82, 2.24) is 15.2 Å². The molecule has 6 nitrogen and oxygen atoms in total. The highest BCUT2D eigenvalue weighted by atomic mass is 16.3. The van der Waals surface area contributed by atoms with Crippen molar-refractivity contribution >= 4 is 11.7 Å². The lowest BCUT2D eigenvalue weighted by Crippen LogP contribution is -2.35. The molecule has 1 amide bonds. The van der Waals surface area contributed by atoms with E-state index in [-0.39, 0.29) is 11.9 Å². The van der Waals surface area contributed by atoms with Gasteiger partial charge in [-0.25, -0.2) is 4.98 Å². The Morgan fingerprint density at radius 2 is 2.12 bits per heavy atom. The first kappa shape index (κ1) is 16.5. The first-order valence-corrected chi connectivity index (χ1v) is 8.35. The predicted octanol–water partition coefficient (Wildman–Crippen LogP) is 2.31. The number of carbonyl (C=O) groups is 1. The van der Waals surface area contributed by atoms with Crippen LogP contribution >= 0.6 is 0 Å². The van der Waals surface area contributed by atoms with E-state index in [1.54, 1.807) is 12.5 Å². The van der Waals surface area contributed by atoms with Crippen molar-refractivity contribution in [3.8, 4) is 0 Å². The lowest BCUT2D eigenvalue weighted by molar-refractivity contribution is 0.0939. The number of carbonyl (C=O) groups excluding carboxylic acids is 1. The minimum Gasteiger partial charge on any atom is -0.468 e. The van der Waals surface area contributed by atoms with Gasteiger partial charge in [-0.1, -0.05) is 0 Å². The zero-order valence-corrected chi connectivity index (χ0v) is 14.2. The van der Waals surface area contributed by atoms with E-state index in [4.69, 9.17) is 4.42 Å². The number of nitrogens with one attached hydrogen (secondary N) is 1. The number of hydrogen-bond acceptors (Lipinski definition) is 5. The monoisotopic (exact) mass is 328 g/mol. The van der Waals surface area contributed by atoms with Gasteiger partial charge in [0.05, 0.1) is 17.9 Å². The Bertz CT molecular complexity index is 663. The summed E-state index contributed by atoms with van der Waals surface area (Å²) in [6.07, 6.45) is 5.70. The Morgan fingerprint density at radius 1 is 1.33 bits per heavy atom. The average molecular weight is 328 g/mol. The largest absolute Gasteiger partial charge is 0.468 e. The highest BCUT2D eigenvalue weighted by Crippen LogP contribution is 2.22. The summed E-state index contributed by atoms with van der Waals surface area (Å²) in [4.78, 5) is 21.3. The fourth-order valence-electron chi connectivity index (χ4n) is 3.06. The summed E-state index contributed by atoms with van der Waals surface area (Å²) < 4.78 is 5.49. The van der Waals surface area contributed by atoms with Crippen molar-refractivity contribution in [3.05, 3.63) is 48.0 Å². The highest BCUT2D eigenvalue weighted by molar-refractivity contribution is 5.98. The molecule has 24 heavy (non-hydrogen) atoms. The second kappa shape index (κ2) is 7.49. The van der Waals surface area contributed by atoms with E-state index in [1.165, 1.54) is 0 Å². The van der Waals surface area contributed by atoms with Gasteiger partial charge in [-0.2, -0.15) is 0 Å². The summed E-state index contributed by atoms with van der Waals surface area (Å²) in [7, 11) is 3.94. The molecule has 2 aromatic heterocycles. The van der Waals surface area contributed by atoms with Crippen LogP contribution in [-0.4, -0.2) is 49.5 Å². The highest BCUT2D eigenvalue weighted by Gasteiger charge is 2.22. The summed E-state index contributed by atoms with van der Waals surface area (Å²) >= 11 is 0. The van der Waals surface area contributed by atoms with Gasteiger partial charge in [-0.05, 0) is 51.2 Å². The van der Waals surface area contributed by atoms with Crippen molar-refractivity contribution in [2.24, 2.45) is 0 Å². The lowest BCUT2D eigenvalue weighted by Gasteiger charge is -2.23. The smallest absolute Gasteiger partial charge is 0.255 e. The molecule has 1 fully saturated rings. The number of hydrogen-bond donors (Lipinski definition) is 1. The van der Waals surface area contributed by atoms with E-state index in [1.807, 2.05) is 43.3 Å². The van der Waals surface area contributed by atoms with E-state index >= 15 is 0 Å². The number of rotatable bonds is 6. The van der Waals surface area contributed by atoms with Crippen LogP contribution in [0.2, 0.25) is 0 Å². The van der Waals surface area contributed by atoms with Crippen LogP contribution in [0.5, 0.6) is 0 Å². The summed E-state index contributed by atoms with van der Waals surface area (Å²) in [5.41, 5.74) is 0.636. The van der Waals surface area contributed by atoms with E-state index in [9.17, 15) is 4.79 Å². The Labute approximate surface area is 142 Å². The van der Waals surface area contributed by atoms with Crippen molar-refractivity contribution in [2.45, 2.75) is 18.9 Å². The SMILES string of the molecule is CN(C)[C@H](CNC(=O)c1cccnc1N1CCCC1)c1ccco1. The third-order valence-corrected chi connectivity index (χ3v) is 4.39. The maximum absolute atomic E-state index is 12.7. The molecule has 1 aliphatic rings. The maximum atomic E-state index is 12.7. The second-order valence-electron chi connectivity index (χ2n) is 6.27. The van der Waals surface area contributed by atoms with Gasteiger partial charge in [0.25, 0.3) is 5.91 Å². The molecule has 0 aromatic carbocycles. The van der Waals surface area contributed by atoms with E-state index in [0.29, 0.717) is 12.1 Å². The maximum Gasteiger partial charge on any atom is 0.255 e. The van der Waals surface area contributed by atoms with Crippen LogP contribution in [0, 0.1) is 0 Å². The number of amides is 1. The van der Waals surface area contributed by atoms with Crippen molar-refractivity contribution < 1.29 is 9.21 Å². The van der Waals surface area contributed by atoms with Gasteiger partial charge in [0.15, 0.2) is 0 Å². The van der Waals surface area contributed by atoms with Gasteiger partial charge < -0.3 is 14.6 Å². The van der Waals surface area contributed by atoms with Crippen LogP contribution in [0.4, 0.5) is 5.82 Å². The standard InChI is InChI=1S/C18H24N4O2/c1-21(2)15(16-8-6-12-24-16)13-20-18(23)14-7-5-9-19-17(14)22-10-3-4-11-22/h5-9,12,15H,3-4,10-11,13H2,1-2H3,(H,20,23)/t15-/m1/s1. The molecule has 0 saturated carbocycles. The van der Waals surface area contributed by atoms with Gasteiger partial charge >= 0.3 is 0 Å². The molecule has 1 atom stereocenters. The summed E-state index contributed by atoms with van der Waals surface area (Å²) in [5.74, 6) is 1.53. The molecule has 0 aliphatic carbocycles. The summed E-state index contributed by atoms with van der Waals surface area (Å²) in [6, 6.07) is 7.44. The molecular weight excluding hydrogens is 304 g/mol. The molecule has 1 N–H and O–H groups in total. The number of likely N-dealkylation sites (N-methyl/N-ethyl adjacent to an activating group) is 1. The first-order chi connectivity index (χ1) is 11.7. The van der Waals surface area contributed by atoms with Crippen molar-refractivity contribution in [2.75, 3.05) is 38.6 Å². The van der Waals surface area contributed by atoms with Gasteiger partial charge in [0.1, 0.15) is 11.6 Å². The van der Waals surface area contributed by atoms with Gasteiger partial charge in [0, 0.05) is 25.8 Å². The third kappa shape index (κ3) is 3.59. The molecule has 0 bridgehead atoms. The molecule has 0 spiro atoms. The zero-order chi connectivity index (χ0) is 16.9. The normalized spacial score (nSPS) is 15.7. The third-order valence-electron chi connectivity index (χ3n) is 4.39. The molecule has 3 heterocycles. The minimum absolute atomic E-state index is 0.00384. The second-order valence-corrected chi connectivity index (χ2v) is 6.27. The summed E-state index contributed by atoms with van der Waals surface area (Å²) in [6.45, 7) is 2.40. The fraction of sp³-hybridized carbons (Fsp3) is 0.444. The van der Waals surface area contributed by atoms with Gasteiger partial charge in [0.2, 0.25) is 0 Å². The topological polar surface area (TPSA) is 61.6 Å². The Balaban J connectivity index is 1.71. The molecule has 1 aliphatic heterocycles. The molecule has 6 heteroatoms. The summed E-state index contributed by atoms with van der Waals surface area (Å²) in [5, 5.41) is 3.03. The zero-order valence-electron chi connectivity index (χ0n) is 14.2. The molecule has 3 rings (SSSR count). The first-order valence-electron chi connectivity index (χ1n) is 8.35. The van der Waals surface area contributed by atoms with E-state index in [0.717, 1.165) is 37.5 Å². The quantitative estimate of drug-likeness (QED) is 0.882. The number of furan rings is 1. The number of aromatic nitrogens is 1. The molecule has 128 valence electrons. The number of anilines is 1. The van der Waals surface area contributed by atoms with E-state index in [2.05, 4.69) is 15.2 Å². The Morgan fingerprint density at radius 3 is 2.79 bits per heavy atom. The van der Waals surface area contributed by atoms with Gasteiger partial charge in [-0.15, -0.1) is 0 Å². The van der Waals surface area contributed by atoms with Gasteiger partial charge in [-0.3, -0.25) is 9.69 Å². The van der Waals surface area contributed by atoms with Crippen molar-refractivity contribution in [3.63, 3.8) is 0 Å². The van der Waals surface area contributed by atoms with Crippen LogP contribution < -0.4 is 10.2 Å². The lowest BCUT2D eigenvalue weighted by atomic mass is 10.2. The van der Waals surface area contributed by atoms with Crippen LogP contribution in [-0.2, 0) is 0 Å². The fourth-order valence-corrected chi connectivity index (χ4v) is 3.06. The van der Waals surface area contributed by atoms with Crippen LogP contribution in [0.1, 0.15) is 35.0 Å². The molecule has 2 aromatic rings. The average Bonchev–Trinajstić information content (AvgIpc) is 3.28. The van der Waals surface area contributed by atoms with Crippen LogP contribution in [0.25, 0.3) is 0 Å². The number of pyridine rings is 1.